The topological polar surface area (TPSA) is 20.3 Å². The SMILES string of the molecule is CC1=CCN(CC=O)CC1. The van der Waals surface area contributed by atoms with Gasteiger partial charge >= 0.3 is 0 Å². The number of nitrogens with zero attached hydrogens (tertiary/aromatic N) is 1. The normalized spacial score (nSPS) is 20.3. The first kappa shape index (κ1) is 7.48. The van der Waals surface area contributed by atoms with Gasteiger partial charge in [-0.1, -0.05) is 11.6 Å². The molecule has 0 unspecified atom stereocenters. The van der Waals surface area contributed by atoms with E-state index in [1.165, 1.54) is 5.57 Å². The number of rotatable bonds is 2. The molecule has 2 nitrogen and oxygen atoms in total. The quantitative estimate of drug-likeness (QED) is 0.417. The summed E-state index contributed by atoms with van der Waals surface area (Å²) in [6.07, 6.45) is 4.27. The van der Waals surface area contributed by atoms with Crippen molar-refractivity contribution in [1.29, 1.82) is 0 Å². The van der Waals surface area contributed by atoms with Crippen LogP contribution in [0.15, 0.2) is 11.6 Å². The fourth-order valence-electron chi connectivity index (χ4n) is 1.08. The van der Waals surface area contributed by atoms with Crippen molar-refractivity contribution >= 4 is 6.29 Å². The van der Waals surface area contributed by atoms with Crippen LogP contribution in [0.5, 0.6) is 0 Å². The van der Waals surface area contributed by atoms with Crippen molar-refractivity contribution < 1.29 is 4.79 Å². The van der Waals surface area contributed by atoms with Gasteiger partial charge in [0.1, 0.15) is 6.29 Å². The van der Waals surface area contributed by atoms with Gasteiger partial charge in [0.2, 0.25) is 0 Å². The van der Waals surface area contributed by atoms with Crippen LogP contribution in [-0.4, -0.2) is 30.8 Å². The smallest absolute Gasteiger partial charge is 0.133 e. The van der Waals surface area contributed by atoms with E-state index in [2.05, 4.69) is 17.9 Å². The molecule has 0 bridgehead atoms. The molecule has 0 N–H and O–H groups in total. The zero-order valence-corrected chi connectivity index (χ0v) is 6.34. The Kier molecular flexibility index (Phi) is 2.63. The molecule has 1 rings (SSSR count). The maximum atomic E-state index is 10.1. The van der Waals surface area contributed by atoms with Crippen LogP contribution in [-0.2, 0) is 4.79 Å². The monoisotopic (exact) mass is 139 g/mol. The molecule has 0 saturated heterocycles. The van der Waals surface area contributed by atoms with Gasteiger partial charge in [0.25, 0.3) is 0 Å². The van der Waals surface area contributed by atoms with Gasteiger partial charge in [-0.2, -0.15) is 0 Å². The second kappa shape index (κ2) is 3.52. The summed E-state index contributed by atoms with van der Waals surface area (Å²) in [5.74, 6) is 0. The molecule has 56 valence electrons. The van der Waals surface area contributed by atoms with Crippen molar-refractivity contribution in [2.75, 3.05) is 19.6 Å². The zero-order valence-electron chi connectivity index (χ0n) is 6.34. The fraction of sp³-hybridized carbons (Fsp3) is 0.625. The maximum Gasteiger partial charge on any atom is 0.133 e. The van der Waals surface area contributed by atoms with Gasteiger partial charge in [-0.3, -0.25) is 4.90 Å². The summed E-state index contributed by atoms with van der Waals surface area (Å²) in [5.41, 5.74) is 1.45. The van der Waals surface area contributed by atoms with E-state index in [9.17, 15) is 4.79 Å². The van der Waals surface area contributed by atoms with E-state index in [4.69, 9.17) is 0 Å². The molecule has 0 aliphatic carbocycles. The molecule has 0 aromatic rings. The molecule has 0 radical (unpaired) electrons. The third kappa shape index (κ3) is 1.95. The predicted molar refractivity (Wildman–Crippen MR) is 40.9 cm³/mol. The van der Waals surface area contributed by atoms with Gasteiger partial charge in [0, 0.05) is 13.1 Å². The summed E-state index contributed by atoms with van der Waals surface area (Å²) in [6.45, 7) is 4.72. The molecule has 0 saturated carbocycles. The molecular formula is C8H13NO. The number of hydrogen-bond donors (Lipinski definition) is 0. The van der Waals surface area contributed by atoms with Crippen LogP contribution < -0.4 is 0 Å². The molecule has 1 aliphatic rings. The number of aldehydes is 1. The first-order valence-corrected chi connectivity index (χ1v) is 3.64. The minimum Gasteiger partial charge on any atom is -0.302 e. The number of carbonyl (C=O) groups is 1. The van der Waals surface area contributed by atoms with Crippen LogP contribution in [0.3, 0.4) is 0 Å². The summed E-state index contributed by atoms with van der Waals surface area (Å²) >= 11 is 0. The minimum absolute atomic E-state index is 0.587. The lowest BCUT2D eigenvalue weighted by molar-refractivity contribution is -0.108. The summed E-state index contributed by atoms with van der Waals surface area (Å²) in [6, 6.07) is 0. The average Bonchev–Trinajstić information content (AvgIpc) is 1.95. The number of hydrogen-bond acceptors (Lipinski definition) is 2. The first-order chi connectivity index (χ1) is 4.83. The maximum absolute atomic E-state index is 10.1. The molecule has 0 amide bonds. The Bertz CT molecular complexity index is 151. The van der Waals surface area contributed by atoms with Crippen molar-refractivity contribution in [3.63, 3.8) is 0 Å². The van der Waals surface area contributed by atoms with Crippen molar-refractivity contribution in [3.05, 3.63) is 11.6 Å². The van der Waals surface area contributed by atoms with E-state index in [-0.39, 0.29) is 0 Å². The second-order valence-electron chi connectivity index (χ2n) is 2.73. The molecule has 2 heteroatoms. The lowest BCUT2D eigenvalue weighted by Gasteiger charge is -2.22. The molecule has 0 atom stereocenters. The lowest BCUT2D eigenvalue weighted by atomic mass is 10.1. The second-order valence-corrected chi connectivity index (χ2v) is 2.73. The van der Waals surface area contributed by atoms with Crippen molar-refractivity contribution in [2.45, 2.75) is 13.3 Å². The standard InChI is InChI=1S/C8H13NO/c1-8-2-4-9(5-3-8)6-7-10/h2,7H,3-6H2,1H3. The summed E-state index contributed by atoms with van der Waals surface area (Å²) in [5, 5.41) is 0. The molecule has 0 aromatic carbocycles. The van der Waals surface area contributed by atoms with E-state index < -0.39 is 0 Å². The highest BCUT2D eigenvalue weighted by Crippen LogP contribution is 2.07. The minimum atomic E-state index is 0.587. The highest BCUT2D eigenvalue weighted by Gasteiger charge is 2.06. The Hall–Kier alpha value is -0.630. The largest absolute Gasteiger partial charge is 0.302 e. The van der Waals surface area contributed by atoms with Crippen LogP contribution in [0.2, 0.25) is 0 Å². The first-order valence-electron chi connectivity index (χ1n) is 3.64. The molecule has 0 fully saturated rings. The Morgan fingerprint density at radius 1 is 1.80 bits per heavy atom. The Morgan fingerprint density at radius 2 is 2.60 bits per heavy atom. The summed E-state index contributed by atoms with van der Waals surface area (Å²) in [7, 11) is 0. The molecule has 0 spiro atoms. The van der Waals surface area contributed by atoms with Crippen molar-refractivity contribution in [1.82, 2.24) is 4.90 Å². The molecular weight excluding hydrogens is 126 g/mol. The highest BCUT2D eigenvalue weighted by atomic mass is 16.1. The highest BCUT2D eigenvalue weighted by molar-refractivity contribution is 5.52. The zero-order chi connectivity index (χ0) is 7.40. The van der Waals surface area contributed by atoms with E-state index >= 15 is 0 Å². The van der Waals surface area contributed by atoms with Crippen LogP contribution in [0.4, 0.5) is 0 Å². The summed E-state index contributed by atoms with van der Waals surface area (Å²) in [4.78, 5) is 12.2. The Labute approximate surface area is 61.5 Å². The van der Waals surface area contributed by atoms with Gasteiger partial charge in [-0.25, -0.2) is 0 Å². The van der Waals surface area contributed by atoms with Gasteiger partial charge in [-0.15, -0.1) is 0 Å². The van der Waals surface area contributed by atoms with Gasteiger partial charge in [0.15, 0.2) is 0 Å². The van der Waals surface area contributed by atoms with Crippen LogP contribution in [0.25, 0.3) is 0 Å². The Balaban J connectivity index is 2.34. The van der Waals surface area contributed by atoms with Crippen LogP contribution in [0, 0.1) is 0 Å². The van der Waals surface area contributed by atoms with Crippen molar-refractivity contribution in [3.8, 4) is 0 Å². The average molecular weight is 139 g/mol. The Morgan fingerprint density at radius 3 is 3.10 bits per heavy atom. The van der Waals surface area contributed by atoms with Crippen molar-refractivity contribution in [2.24, 2.45) is 0 Å². The van der Waals surface area contributed by atoms with E-state index in [1.807, 2.05) is 0 Å². The third-order valence-corrected chi connectivity index (χ3v) is 1.85. The molecule has 10 heavy (non-hydrogen) atoms. The van der Waals surface area contributed by atoms with E-state index in [0.717, 1.165) is 25.8 Å². The number of carbonyl (C=O) groups excluding carboxylic acids is 1. The third-order valence-electron chi connectivity index (χ3n) is 1.85. The van der Waals surface area contributed by atoms with Gasteiger partial charge in [-0.05, 0) is 13.3 Å². The molecule has 0 aromatic heterocycles. The van der Waals surface area contributed by atoms with Crippen LogP contribution >= 0.6 is 0 Å². The van der Waals surface area contributed by atoms with E-state index in [1.54, 1.807) is 0 Å². The predicted octanol–water partition coefficient (Wildman–Crippen LogP) is 0.837. The molecule has 1 aliphatic heterocycles. The summed E-state index contributed by atoms with van der Waals surface area (Å²) < 4.78 is 0. The van der Waals surface area contributed by atoms with E-state index in [0.29, 0.717) is 6.54 Å². The van der Waals surface area contributed by atoms with Crippen LogP contribution in [0.1, 0.15) is 13.3 Å². The van der Waals surface area contributed by atoms with Gasteiger partial charge < -0.3 is 4.79 Å². The lowest BCUT2D eigenvalue weighted by Crippen LogP contribution is -2.29. The fourth-order valence-corrected chi connectivity index (χ4v) is 1.08. The molecule has 1 heterocycles. The van der Waals surface area contributed by atoms with Gasteiger partial charge in [0.05, 0.1) is 6.54 Å².